The summed E-state index contributed by atoms with van der Waals surface area (Å²) < 4.78 is 45.4. The summed E-state index contributed by atoms with van der Waals surface area (Å²) in [4.78, 5) is 52.4. The number of esters is 1. The second kappa shape index (κ2) is 14.7. The lowest BCUT2D eigenvalue weighted by Gasteiger charge is -2.22. The van der Waals surface area contributed by atoms with E-state index in [1.807, 2.05) is 0 Å². The number of rotatable bonds is 13. The number of aromatic amines is 1. The highest BCUT2D eigenvalue weighted by atomic mass is 19.4. The number of hydrogen-bond acceptors (Lipinski definition) is 5. The number of carbonyl (C=O) groups excluding carboxylic acids is 4. The minimum Gasteiger partial charge on any atom is -0.463 e. The Morgan fingerprint density at radius 1 is 0.976 bits per heavy atom. The van der Waals surface area contributed by atoms with E-state index in [9.17, 15) is 32.3 Å². The molecule has 0 aliphatic rings. The van der Waals surface area contributed by atoms with Gasteiger partial charge in [-0.2, -0.15) is 13.2 Å². The lowest BCUT2D eigenvalue weighted by molar-refractivity contribution is -0.138. The van der Waals surface area contributed by atoms with Gasteiger partial charge in [0.25, 0.3) is 5.91 Å². The van der Waals surface area contributed by atoms with E-state index >= 15 is 0 Å². The molecule has 1 heterocycles. The van der Waals surface area contributed by atoms with Crippen molar-refractivity contribution in [2.24, 2.45) is 5.73 Å². The molecule has 0 aliphatic heterocycles. The molecule has 2 unspecified atom stereocenters. The number of nitrogens with one attached hydrogen (secondary N) is 3. The molecule has 3 amide bonds. The predicted molar refractivity (Wildman–Crippen MR) is 149 cm³/mol. The van der Waals surface area contributed by atoms with E-state index in [2.05, 4.69) is 15.6 Å². The molecule has 0 radical (unpaired) electrons. The molecule has 12 heteroatoms. The molecule has 1 aromatic heterocycles. The Hall–Kier alpha value is -4.87. The van der Waals surface area contributed by atoms with Gasteiger partial charge in [0.2, 0.25) is 11.8 Å². The normalized spacial score (nSPS) is 12.9. The number of hydrogen-bond donors (Lipinski definition) is 4. The fourth-order valence-electron chi connectivity index (χ4n) is 4.13. The van der Waals surface area contributed by atoms with Crippen LogP contribution in [0.2, 0.25) is 0 Å². The molecule has 9 nitrogen and oxygen atoms in total. The Morgan fingerprint density at radius 3 is 2.33 bits per heavy atom. The predicted octanol–water partition coefficient (Wildman–Crippen LogP) is 3.91. The SMILES string of the molecule is CCOC(=O)/C=C/C(CCC(N)=O)NC(=O)C(Cc1ccccc1)NC(=O)c1ccc(-c2ccccc2C(F)(F)F)[nH]1. The van der Waals surface area contributed by atoms with E-state index in [1.54, 1.807) is 37.3 Å². The smallest absolute Gasteiger partial charge is 0.417 e. The molecular weight excluding hydrogens is 553 g/mol. The third-order valence-electron chi connectivity index (χ3n) is 6.14. The van der Waals surface area contributed by atoms with Gasteiger partial charge in [-0.3, -0.25) is 14.4 Å². The van der Waals surface area contributed by atoms with Crippen LogP contribution in [0.4, 0.5) is 13.2 Å². The van der Waals surface area contributed by atoms with Crippen LogP contribution < -0.4 is 16.4 Å². The maximum Gasteiger partial charge on any atom is 0.417 e. The summed E-state index contributed by atoms with van der Waals surface area (Å²) in [7, 11) is 0. The number of amides is 3. The highest BCUT2D eigenvalue weighted by molar-refractivity contribution is 5.97. The summed E-state index contributed by atoms with van der Waals surface area (Å²) in [6.07, 6.45) is -2.03. The van der Waals surface area contributed by atoms with Gasteiger partial charge >= 0.3 is 12.1 Å². The zero-order valence-corrected chi connectivity index (χ0v) is 22.7. The van der Waals surface area contributed by atoms with Crippen LogP contribution in [0.15, 0.2) is 78.9 Å². The molecule has 0 bridgehead atoms. The van der Waals surface area contributed by atoms with Crippen LogP contribution in [-0.4, -0.2) is 47.4 Å². The fraction of sp³-hybridized carbons (Fsp3) is 0.267. The lowest BCUT2D eigenvalue weighted by atomic mass is 10.0. The van der Waals surface area contributed by atoms with Crippen molar-refractivity contribution >= 4 is 23.7 Å². The summed E-state index contributed by atoms with van der Waals surface area (Å²) in [5.74, 6) is -2.59. The summed E-state index contributed by atoms with van der Waals surface area (Å²) in [5, 5.41) is 5.35. The number of H-pyrrole nitrogens is 1. The van der Waals surface area contributed by atoms with Crippen molar-refractivity contribution in [1.82, 2.24) is 15.6 Å². The number of aromatic nitrogens is 1. The monoisotopic (exact) mass is 584 g/mol. The molecule has 2 atom stereocenters. The third-order valence-corrected chi connectivity index (χ3v) is 6.14. The first-order chi connectivity index (χ1) is 20.0. The number of nitrogens with two attached hydrogens (primary N) is 1. The Balaban J connectivity index is 1.83. The first-order valence-electron chi connectivity index (χ1n) is 13.1. The van der Waals surface area contributed by atoms with E-state index < -0.39 is 47.5 Å². The van der Waals surface area contributed by atoms with Crippen molar-refractivity contribution in [2.75, 3.05) is 6.61 Å². The van der Waals surface area contributed by atoms with Gasteiger partial charge in [-0.15, -0.1) is 0 Å². The van der Waals surface area contributed by atoms with E-state index in [0.29, 0.717) is 0 Å². The maximum absolute atomic E-state index is 13.5. The number of ether oxygens (including phenoxy) is 1. The molecular formula is C30H31F3N4O5. The van der Waals surface area contributed by atoms with Crippen molar-refractivity contribution in [3.05, 3.63) is 95.7 Å². The van der Waals surface area contributed by atoms with Crippen LogP contribution in [-0.2, 0) is 31.7 Å². The van der Waals surface area contributed by atoms with Crippen LogP contribution in [0, 0.1) is 0 Å². The highest BCUT2D eigenvalue weighted by Gasteiger charge is 2.34. The summed E-state index contributed by atoms with van der Waals surface area (Å²) in [5.41, 5.74) is 5.00. The summed E-state index contributed by atoms with van der Waals surface area (Å²) in [6, 6.07) is 14.6. The third kappa shape index (κ3) is 9.36. The Morgan fingerprint density at radius 2 is 1.67 bits per heavy atom. The van der Waals surface area contributed by atoms with E-state index in [1.165, 1.54) is 36.4 Å². The number of alkyl halides is 3. The van der Waals surface area contributed by atoms with Crippen molar-refractivity contribution in [3.8, 4) is 11.3 Å². The Bertz CT molecular complexity index is 1420. The zero-order chi connectivity index (χ0) is 30.7. The van der Waals surface area contributed by atoms with Crippen LogP contribution in [0.3, 0.4) is 0 Å². The van der Waals surface area contributed by atoms with Crippen molar-refractivity contribution in [2.45, 2.75) is 44.4 Å². The molecule has 0 aliphatic carbocycles. The van der Waals surface area contributed by atoms with Crippen LogP contribution in [0.5, 0.6) is 0 Å². The molecule has 0 saturated heterocycles. The highest BCUT2D eigenvalue weighted by Crippen LogP contribution is 2.36. The van der Waals surface area contributed by atoms with Gasteiger partial charge in [-0.25, -0.2) is 4.79 Å². The van der Waals surface area contributed by atoms with Crippen LogP contribution in [0.1, 0.15) is 41.4 Å². The average Bonchev–Trinajstić information content (AvgIpc) is 3.45. The topological polar surface area (TPSA) is 143 Å². The second-order valence-electron chi connectivity index (χ2n) is 9.28. The molecule has 2 aromatic carbocycles. The Labute approximate surface area is 240 Å². The van der Waals surface area contributed by atoms with E-state index in [-0.39, 0.29) is 42.8 Å². The second-order valence-corrected chi connectivity index (χ2v) is 9.28. The minimum atomic E-state index is -4.60. The number of carbonyl (C=O) groups is 4. The van der Waals surface area contributed by atoms with Crippen LogP contribution in [0.25, 0.3) is 11.3 Å². The first-order valence-corrected chi connectivity index (χ1v) is 13.1. The molecule has 5 N–H and O–H groups in total. The van der Waals surface area contributed by atoms with Crippen molar-refractivity contribution in [1.29, 1.82) is 0 Å². The van der Waals surface area contributed by atoms with Crippen LogP contribution >= 0.6 is 0 Å². The molecule has 0 spiro atoms. The average molecular weight is 585 g/mol. The van der Waals surface area contributed by atoms with Gasteiger partial charge in [0.1, 0.15) is 11.7 Å². The fourth-order valence-corrected chi connectivity index (χ4v) is 4.13. The molecule has 3 aromatic rings. The summed E-state index contributed by atoms with van der Waals surface area (Å²) in [6.45, 7) is 1.78. The van der Waals surface area contributed by atoms with Gasteiger partial charge in [0.05, 0.1) is 12.2 Å². The minimum absolute atomic E-state index is 0.0553. The van der Waals surface area contributed by atoms with Gasteiger partial charge in [-0.1, -0.05) is 54.6 Å². The van der Waals surface area contributed by atoms with Gasteiger partial charge in [-0.05, 0) is 37.1 Å². The standard InChI is InChI=1S/C30H31F3N4O5/c1-2-42-27(39)17-13-20(12-16-26(34)38)35-29(41)25(18-19-8-4-3-5-9-19)37-28(40)24-15-14-23(36-24)21-10-6-7-11-22(21)30(31,32)33/h3-11,13-15,17,20,25,36H,2,12,16,18H2,1H3,(H2,34,38)(H,35,41)(H,37,40)/b17-13+. The van der Waals surface area contributed by atoms with Crippen molar-refractivity contribution in [3.63, 3.8) is 0 Å². The number of primary amides is 1. The molecule has 0 saturated carbocycles. The molecule has 0 fully saturated rings. The lowest BCUT2D eigenvalue weighted by Crippen LogP contribution is -2.50. The number of benzene rings is 2. The Kier molecular flexibility index (Phi) is 11.1. The molecule has 3 rings (SSSR count). The van der Waals surface area contributed by atoms with Crippen molar-refractivity contribution < 1.29 is 37.1 Å². The zero-order valence-electron chi connectivity index (χ0n) is 22.7. The maximum atomic E-state index is 13.5. The van der Waals surface area contributed by atoms with Gasteiger partial charge in [0, 0.05) is 36.2 Å². The number of halogens is 3. The quantitative estimate of drug-likeness (QED) is 0.178. The summed E-state index contributed by atoms with van der Waals surface area (Å²) >= 11 is 0. The molecule has 42 heavy (non-hydrogen) atoms. The van der Waals surface area contributed by atoms with E-state index in [0.717, 1.165) is 17.7 Å². The largest absolute Gasteiger partial charge is 0.463 e. The van der Waals surface area contributed by atoms with Gasteiger partial charge in [0.15, 0.2) is 0 Å². The molecule has 222 valence electrons. The van der Waals surface area contributed by atoms with E-state index in [4.69, 9.17) is 10.5 Å². The first kappa shape index (κ1) is 31.7. The van der Waals surface area contributed by atoms with Gasteiger partial charge < -0.3 is 26.1 Å².